The Balaban J connectivity index is 1.50. The third-order valence-corrected chi connectivity index (χ3v) is 5.75. The monoisotopic (exact) mass is 410 g/mol. The van der Waals surface area contributed by atoms with E-state index in [4.69, 9.17) is 0 Å². The molecule has 1 saturated heterocycles. The van der Waals surface area contributed by atoms with Gasteiger partial charge in [0.1, 0.15) is 17.0 Å². The minimum atomic E-state index is -0.403. The molecule has 0 saturated carbocycles. The molecule has 1 unspecified atom stereocenters. The molecule has 0 spiro atoms. The van der Waals surface area contributed by atoms with Gasteiger partial charge in [-0.2, -0.15) is 0 Å². The topological polar surface area (TPSA) is 49.4 Å². The van der Waals surface area contributed by atoms with E-state index in [0.717, 1.165) is 5.56 Å². The summed E-state index contributed by atoms with van der Waals surface area (Å²) in [5.74, 6) is -0.798. The second-order valence-electron chi connectivity index (χ2n) is 6.49. The summed E-state index contributed by atoms with van der Waals surface area (Å²) in [6.07, 6.45) is 0. The number of halogens is 2. The summed E-state index contributed by atoms with van der Waals surface area (Å²) in [5, 5.41) is 2.54. The molecule has 3 aromatic rings. The Hall–Kier alpha value is -3.19. The van der Waals surface area contributed by atoms with Gasteiger partial charge in [0.25, 0.3) is 5.91 Å². The van der Waals surface area contributed by atoms with E-state index in [1.165, 1.54) is 48.2 Å². The fraction of sp³-hybridized carbons (Fsp3) is 0.0909. The lowest BCUT2D eigenvalue weighted by molar-refractivity contribution is -0.115. The molecule has 1 fully saturated rings. The molecule has 0 aromatic heterocycles. The average molecular weight is 410 g/mol. The van der Waals surface area contributed by atoms with Crippen molar-refractivity contribution < 1.29 is 18.4 Å². The van der Waals surface area contributed by atoms with Gasteiger partial charge in [-0.3, -0.25) is 14.5 Å². The summed E-state index contributed by atoms with van der Waals surface area (Å²) in [6, 6.07) is 18.3. The molecule has 1 N–H and O–H groups in total. The zero-order valence-corrected chi connectivity index (χ0v) is 16.0. The Bertz CT molecular complexity index is 1040. The van der Waals surface area contributed by atoms with Crippen LogP contribution in [0.3, 0.4) is 0 Å². The van der Waals surface area contributed by atoms with Crippen LogP contribution in [0.5, 0.6) is 0 Å². The summed E-state index contributed by atoms with van der Waals surface area (Å²) >= 11 is 1.49. The normalized spacial score (nSPS) is 16.1. The number of hydrogen-bond donors (Lipinski definition) is 1. The fourth-order valence-electron chi connectivity index (χ4n) is 3.09. The highest BCUT2D eigenvalue weighted by molar-refractivity contribution is 8.00. The number of carbonyl (C=O) groups excluding carboxylic acids is 2. The van der Waals surface area contributed by atoms with Crippen molar-refractivity contribution in [3.8, 4) is 0 Å². The largest absolute Gasteiger partial charge is 0.322 e. The number of amides is 2. The van der Waals surface area contributed by atoms with Crippen molar-refractivity contribution >= 4 is 35.0 Å². The number of carbonyl (C=O) groups is 2. The van der Waals surface area contributed by atoms with Crippen molar-refractivity contribution in [2.24, 2.45) is 0 Å². The Kier molecular flexibility index (Phi) is 5.31. The molecule has 3 aromatic carbocycles. The Morgan fingerprint density at radius 1 is 0.897 bits per heavy atom. The first-order valence-electron chi connectivity index (χ1n) is 8.87. The summed E-state index contributed by atoms with van der Waals surface area (Å²) in [6.45, 7) is 0. The number of benzene rings is 3. The molecule has 0 bridgehead atoms. The van der Waals surface area contributed by atoms with Crippen LogP contribution in [0.1, 0.15) is 21.3 Å². The van der Waals surface area contributed by atoms with Gasteiger partial charge in [-0.15, -0.1) is 11.8 Å². The highest BCUT2D eigenvalue weighted by atomic mass is 32.2. The van der Waals surface area contributed by atoms with Gasteiger partial charge in [-0.1, -0.05) is 12.1 Å². The van der Waals surface area contributed by atoms with Crippen molar-refractivity contribution in [2.45, 2.75) is 5.37 Å². The smallest absolute Gasteiger partial charge is 0.255 e. The molecule has 29 heavy (non-hydrogen) atoms. The van der Waals surface area contributed by atoms with Crippen LogP contribution in [0.15, 0.2) is 72.8 Å². The number of thioether (sulfide) groups is 1. The number of rotatable bonds is 4. The van der Waals surface area contributed by atoms with Gasteiger partial charge in [0.2, 0.25) is 5.91 Å². The van der Waals surface area contributed by atoms with Gasteiger partial charge in [-0.05, 0) is 66.2 Å². The highest BCUT2D eigenvalue weighted by Gasteiger charge is 2.34. The van der Waals surface area contributed by atoms with Crippen LogP contribution < -0.4 is 10.2 Å². The molecule has 1 atom stereocenters. The van der Waals surface area contributed by atoms with Crippen LogP contribution >= 0.6 is 11.8 Å². The SMILES string of the molecule is O=C(Nc1ccc(C2SCC(=O)N2c2ccc(F)cc2)cc1)c1ccc(F)cc1. The van der Waals surface area contributed by atoms with Crippen LogP contribution in [0, 0.1) is 11.6 Å². The molecule has 1 heterocycles. The second kappa shape index (κ2) is 8.05. The number of nitrogens with zero attached hydrogens (tertiary/aromatic N) is 1. The molecule has 0 radical (unpaired) electrons. The molecular weight excluding hydrogens is 394 g/mol. The maximum atomic E-state index is 13.2. The third-order valence-electron chi connectivity index (χ3n) is 4.53. The average Bonchev–Trinajstić information content (AvgIpc) is 3.11. The Morgan fingerprint density at radius 2 is 1.48 bits per heavy atom. The van der Waals surface area contributed by atoms with Gasteiger partial charge >= 0.3 is 0 Å². The summed E-state index contributed by atoms with van der Waals surface area (Å²) in [7, 11) is 0. The number of nitrogens with one attached hydrogen (secondary N) is 1. The standard InChI is InChI=1S/C22H16F2N2O2S/c23-16-5-1-14(2-6-16)21(28)25-18-9-3-15(4-10-18)22-26(20(27)13-29-22)19-11-7-17(24)8-12-19/h1-12,22H,13H2,(H,25,28). The molecule has 1 aliphatic rings. The number of anilines is 2. The van der Waals surface area contributed by atoms with E-state index < -0.39 is 5.82 Å². The lowest BCUT2D eigenvalue weighted by atomic mass is 10.1. The van der Waals surface area contributed by atoms with Gasteiger partial charge < -0.3 is 5.32 Å². The van der Waals surface area contributed by atoms with E-state index in [0.29, 0.717) is 22.7 Å². The zero-order chi connectivity index (χ0) is 20.4. The lowest BCUT2D eigenvalue weighted by Crippen LogP contribution is -2.27. The Morgan fingerprint density at radius 3 is 2.10 bits per heavy atom. The van der Waals surface area contributed by atoms with E-state index in [1.54, 1.807) is 29.2 Å². The predicted octanol–water partition coefficient (Wildman–Crippen LogP) is 5.00. The third kappa shape index (κ3) is 4.14. The first kappa shape index (κ1) is 19.1. The second-order valence-corrected chi connectivity index (χ2v) is 7.56. The van der Waals surface area contributed by atoms with Crippen LogP contribution in [0.2, 0.25) is 0 Å². The predicted molar refractivity (Wildman–Crippen MR) is 110 cm³/mol. The van der Waals surface area contributed by atoms with Crippen LogP contribution in [0.4, 0.5) is 20.2 Å². The van der Waals surface area contributed by atoms with E-state index in [2.05, 4.69) is 5.32 Å². The minimum absolute atomic E-state index is 0.0414. The lowest BCUT2D eigenvalue weighted by Gasteiger charge is -2.24. The van der Waals surface area contributed by atoms with Gasteiger partial charge in [0, 0.05) is 16.9 Å². The van der Waals surface area contributed by atoms with Crippen LogP contribution in [-0.4, -0.2) is 17.6 Å². The molecule has 146 valence electrons. The minimum Gasteiger partial charge on any atom is -0.322 e. The summed E-state index contributed by atoms with van der Waals surface area (Å²) in [5.41, 5.74) is 2.48. The fourth-order valence-corrected chi connectivity index (χ4v) is 4.26. The van der Waals surface area contributed by atoms with Gasteiger partial charge in [0.05, 0.1) is 5.75 Å². The number of hydrogen-bond acceptors (Lipinski definition) is 3. The molecular formula is C22H16F2N2O2S. The first-order valence-corrected chi connectivity index (χ1v) is 9.92. The van der Waals surface area contributed by atoms with E-state index in [9.17, 15) is 18.4 Å². The van der Waals surface area contributed by atoms with Crippen LogP contribution in [0.25, 0.3) is 0 Å². The van der Waals surface area contributed by atoms with Gasteiger partial charge in [-0.25, -0.2) is 8.78 Å². The van der Waals surface area contributed by atoms with Crippen LogP contribution in [-0.2, 0) is 4.79 Å². The maximum Gasteiger partial charge on any atom is 0.255 e. The first-order chi connectivity index (χ1) is 14.0. The molecule has 0 aliphatic carbocycles. The van der Waals surface area contributed by atoms with Crippen molar-refractivity contribution in [2.75, 3.05) is 16.0 Å². The molecule has 4 rings (SSSR count). The molecule has 1 aliphatic heterocycles. The van der Waals surface area contributed by atoms with E-state index in [-0.39, 0.29) is 23.0 Å². The zero-order valence-electron chi connectivity index (χ0n) is 15.1. The quantitative estimate of drug-likeness (QED) is 0.659. The van der Waals surface area contributed by atoms with Gasteiger partial charge in [0.15, 0.2) is 0 Å². The molecule has 4 nitrogen and oxygen atoms in total. The maximum absolute atomic E-state index is 13.2. The van der Waals surface area contributed by atoms with Crippen molar-refractivity contribution in [1.82, 2.24) is 0 Å². The van der Waals surface area contributed by atoms with E-state index >= 15 is 0 Å². The van der Waals surface area contributed by atoms with Crippen molar-refractivity contribution in [1.29, 1.82) is 0 Å². The Labute approximate surface area is 170 Å². The molecule has 2 amide bonds. The van der Waals surface area contributed by atoms with Crippen molar-refractivity contribution in [3.05, 3.63) is 95.6 Å². The highest BCUT2D eigenvalue weighted by Crippen LogP contribution is 2.41. The summed E-state index contributed by atoms with van der Waals surface area (Å²) < 4.78 is 26.2. The summed E-state index contributed by atoms with van der Waals surface area (Å²) in [4.78, 5) is 26.3. The van der Waals surface area contributed by atoms with E-state index in [1.807, 2.05) is 12.1 Å². The molecule has 7 heteroatoms. The van der Waals surface area contributed by atoms with Crippen molar-refractivity contribution in [3.63, 3.8) is 0 Å².